The first-order valence-corrected chi connectivity index (χ1v) is 12.6. The fourth-order valence-electron chi connectivity index (χ4n) is 4.46. The molecule has 1 aliphatic heterocycles. The number of aromatic nitrogens is 4. The molecule has 1 saturated carbocycles. The van der Waals surface area contributed by atoms with E-state index in [1.165, 1.54) is 23.4 Å². The molecule has 6 rings (SSSR count). The van der Waals surface area contributed by atoms with Crippen LogP contribution in [0.4, 0.5) is 17.3 Å². The van der Waals surface area contributed by atoms with Gasteiger partial charge in [0.1, 0.15) is 5.65 Å². The van der Waals surface area contributed by atoms with Crippen LogP contribution in [-0.4, -0.2) is 57.6 Å². The molecule has 0 radical (unpaired) electrons. The minimum atomic E-state index is -0.0802. The summed E-state index contributed by atoms with van der Waals surface area (Å²) >= 11 is 1.69. The minimum absolute atomic E-state index is 0.0802. The van der Waals surface area contributed by atoms with Crippen LogP contribution in [0.25, 0.3) is 11.0 Å². The van der Waals surface area contributed by atoms with E-state index in [1.54, 1.807) is 34.2 Å². The predicted molar refractivity (Wildman–Crippen MR) is 136 cm³/mol. The Kier molecular flexibility index (Phi) is 5.50. The van der Waals surface area contributed by atoms with Crippen molar-refractivity contribution in [3.63, 3.8) is 0 Å². The van der Waals surface area contributed by atoms with Gasteiger partial charge in [0.05, 0.1) is 17.7 Å². The Balaban J connectivity index is 1.25. The molecule has 174 valence electrons. The maximum atomic E-state index is 12.8. The summed E-state index contributed by atoms with van der Waals surface area (Å²) < 4.78 is 1.71. The molecule has 1 aliphatic carbocycles. The quantitative estimate of drug-likeness (QED) is 0.458. The van der Waals surface area contributed by atoms with Crippen LogP contribution in [0.5, 0.6) is 0 Å². The van der Waals surface area contributed by atoms with Gasteiger partial charge in [0.2, 0.25) is 5.95 Å². The molecule has 0 unspecified atom stereocenters. The lowest BCUT2D eigenvalue weighted by Crippen LogP contribution is -2.44. The maximum Gasteiger partial charge on any atom is 0.252 e. The standard InChI is InChI=1S/C25H27N7OS/c1-30-10-12-31(13-11-30)20-7-5-19(6-8-20)28-25-26-14-18-4-9-22(33)32(24(18)29-25)15-21-23(17-2-3-17)34-16-27-21/h4-9,14,16-17H,2-3,10-13,15H2,1H3,(H,26,28,29). The molecule has 0 bridgehead atoms. The zero-order valence-corrected chi connectivity index (χ0v) is 20.0. The molecule has 0 amide bonds. The summed E-state index contributed by atoms with van der Waals surface area (Å²) in [6.07, 6.45) is 4.19. The molecular weight excluding hydrogens is 446 g/mol. The fourth-order valence-corrected chi connectivity index (χ4v) is 5.43. The highest BCUT2D eigenvalue weighted by Gasteiger charge is 2.28. The van der Waals surface area contributed by atoms with Gasteiger partial charge in [0, 0.05) is 60.1 Å². The number of benzene rings is 1. The summed E-state index contributed by atoms with van der Waals surface area (Å²) in [5, 5.41) is 4.13. The number of rotatable bonds is 6. The highest BCUT2D eigenvalue weighted by molar-refractivity contribution is 7.09. The van der Waals surface area contributed by atoms with Crippen molar-refractivity contribution in [1.82, 2.24) is 24.4 Å². The third-order valence-corrected chi connectivity index (χ3v) is 7.68. The highest BCUT2D eigenvalue weighted by Crippen LogP contribution is 2.43. The van der Waals surface area contributed by atoms with E-state index in [9.17, 15) is 4.79 Å². The Bertz CT molecular complexity index is 1370. The zero-order valence-electron chi connectivity index (χ0n) is 19.1. The number of hydrogen-bond donors (Lipinski definition) is 1. The van der Waals surface area contributed by atoms with Gasteiger partial charge in [0.25, 0.3) is 5.56 Å². The maximum absolute atomic E-state index is 12.8. The van der Waals surface area contributed by atoms with Gasteiger partial charge >= 0.3 is 0 Å². The number of pyridine rings is 1. The first-order chi connectivity index (χ1) is 16.6. The van der Waals surface area contributed by atoms with Gasteiger partial charge in [-0.1, -0.05) is 0 Å². The van der Waals surface area contributed by atoms with Crippen LogP contribution < -0.4 is 15.8 Å². The van der Waals surface area contributed by atoms with Crippen LogP contribution in [0.1, 0.15) is 29.3 Å². The third-order valence-electron chi connectivity index (χ3n) is 6.64. The van der Waals surface area contributed by atoms with Gasteiger partial charge in [-0.2, -0.15) is 4.98 Å². The number of fused-ring (bicyclic) bond motifs is 1. The van der Waals surface area contributed by atoms with Crippen molar-refractivity contribution < 1.29 is 0 Å². The molecule has 9 heteroatoms. The van der Waals surface area contributed by atoms with Gasteiger partial charge in [0.15, 0.2) is 0 Å². The number of thiazole rings is 1. The molecule has 1 aromatic carbocycles. The summed E-state index contributed by atoms with van der Waals surface area (Å²) in [6, 6.07) is 11.7. The van der Waals surface area contributed by atoms with Crippen molar-refractivity contribution in [2.24, 2.45) is 0 Å². The van der Waals surface area contributed by atoms with Crippen LogP contribution in [0.15, 0.2) is 52.9 Å². The molecule has 2 aliphatic rings. The number of nitrogens with zero attached hydrogens (tertiary/aromatic N) is 6. The second-order valence-electron chi connectivity index (χ2n) is 9.13. The second kappa shape index (κ2) is 8.81. The Labute approximate surface area is 201 Å². The summed E-state index contributed by atoms with van der Waals surface area (Å²) in [5.74, 6) is 1.08. The van der Waals surface area contributed by atoms with Crippen molar-refractivity contribution in [2.45, 2.75) is 25.3 Å². The van der Waals surface area contributed by atoms with Gasteiger partial charge in [-0.25, -0.2) is 9.97 Å². The molecule has 3 aromatic heterocycles. The Morgan fingerprint density at radius 3 is 2.59 bits per heavy atom. The van der Waals surface area contributed by atoms with Crippen molar-refractivity contribution in [3.05, 3.63) is 69.0 Å². The van der Waals surface area contributed by atoms with E-state index in [1.807, 2.05) is 5.51 Å². The summed E-state index contributed by atoms with van der Waals surface area (Å²) in [5.41, 5.74) is 5.54. The summed E-state index contributed by atoms with van der Waals surface area (Å²) in [7, 11) is 2.16. The van der Waals surface area contributed by atoms with Gasteiger partial charge < -0.3 is 15.1 Å². The summed E-state index contributed by atoms with van der Waals surface area (Å²) in [4.78, 5) is 32.6. The first kappa shape index (κ1) is 21.2. The third kappa shape index (κ3) is 4.28. The molecule has 1 saturated heterocycles. The van der Waals surface area contributed by atoms with E-state index in [2.05, 4.69) is 56.4 Å². The van der Waals surface area contributed by atoms with Crippen LogP contribution in [0, 0.1) is 0 Å². The Morgan fingerprint density at radius 1 is 1.03 bits per heavy atom. The van der Waals surface area contributed by atoms with Gasteiger partial charge in [-0.05, 0) is 56.1 Å². The monoisotopic (exact) mass is 473 g/mol. The SMILES string of the molecule is CN1CCN(c2ccc(Nc3ncc4ccc(=O)n(Cc5ncsc5C5CC5)c4n3)cc2)CC1. The molecular formula is C25H27N7OS. The van der Waals surface area contributed by atoms with Crippen molar-refractivity contribution >= 4 is 39.7 Å². The topological polar surface area (TPSA) is 79.2 Å². The van der Waals surface area contributed by atoms with Crippen molar-refractivity contribution in [2.75, 3.05) is 43.4 Å². The molecule has 0 spiro atoms. The molecule has 1 N–H and O–H groups in total. The minimum Gasteiger partial charge on any atom is -0.369 e. The molecule has 4 aromatic rings. The average molecular weight is 474 g/mol. The van der Waals surface area contributed by atoms with E-state index in [0.29, 0.717) is 24.1 Å². The number of piperazine rings is 1. The lowest BCUT2D eigenvalue weighted by Gasteiger charge is -2.34. The first-order valence-electron chi connectivity index (χ1n) is 11.7. The van der Waals surface area contributed by atoms with E-state index in [4.69, 9.17) is 4.98 Å². The average Bonchev–Trinajstić information content (AvgIpc) is 3.60. The Hall–Kier alpha value is -3.30. The van der Waals surface area contributed by atoms with Crippen LogP contribution in [-0.2, 0) is 6.54 Å². The molecule has 2 fully saturated rings. The normalized spacial score (nSPS) is 16.8. The molecule has 0 atom stereocenters. The highest BCUT2D eigenvalue weighted by atomic mass is 32.1. The van der Waals surface area contributed by atoms with E-state index >= 15 is 0 Å². The van der Waals surface area contributed by atoms with Gasteiger partial charge in [-0.15, -0.1) is 11.3 Å². The van der Waals surface area contributed by atoms with Crippen LogP contribution in [0.3, 0.4) is 0 Å². The molecule has 4 heterocycles. The number of anilines is 3. The predicted octanol–water partition coefficient (Wildman–Crippen LogP) is 3.67. The number of nitrogens with one attached hydrogen (secondary N) is 1. The summed E-state index contributed by atoms with van der Waals surface area (Å²) in [6.45, 7) is 4.67. The smallest absolute Gasteiger partial charge is 0.252 e. The lowest BCUT2D eigenvalue weighted by molar-refractivity contribution is 0.313. The van der Waals surface area contributed by atoms with Crippen molar-refractivity contribution in [3.8, 4) is 0 Å². The number of hydrogen-bond acceptors (Lipinski definition) is 8. The zero-order chi connectivity index (χ0) is 23.1. The lowest BCUT2D eigenvalue weighted by atomic mass is 10.2. The number of likely N-dealkylation sites (N-methyl/N-ethyl adjacent to an activating group) is 1. The largest absolute Gasteiger partial charge is 0.369 e. The Morgan fingerprint density at radius 2 is 1.82 bits per heavy atom. The van der Waals surface area contributed by atoms with Crippen LogP contribution in [0.2, 0.25) is 0 Å². The van der Waals surface area contributed by atoms with Gasteiger partial charge in [-0.3, -0.25) is 9.36 Å². The second-order valence-corrected chi connectivity index (χ2v) is 10.0. The fraction of sp³-hybridized carbons (Fsp3) is 0.360. The van der Waals surface area contributed by atoms with Crippen molar-refractivity contribution in [1.29, 1.82) is 0 Å². The van der Waals surface area contributed by atoms with E-state index in [-0.39, 0.29) is 5.56 Å². The van der Waals surface area contributed by atoms with E-state index in [0.717, 1.165) is 42.9 Å². The van der Waals surface area contributed by atoms with Crippen LogP contribution >= 0.6 is 11.3 Å². The van der Waals surface area contributed by atoms with E-state index < -0.39 is 0 Å². The molecule has 34 heavy (non-hydrogen) atoms. The molecule has 8 nitrogen and oxygen atoms in total.